The highest BCUT2D eigenvalue weighted by Gasteiger charge is 1.82. The predicted octanol–water partition coefficient (Wildman–Crippen LogP) is 0.237. The van der Waals surface area contributed by atoms with Crippen LogP contribution in [0.5, 0.6) is 0 Å². The zero-order valence-corrected chi connectivity index (χ0v) is 8.45. The summed E-state index contributed by atoms with van der Waals surface area (Å²) in [6, 6.07) is 3.93. The van der Waals surface area contributed by atoms with Gasteiger partial charge in [-0.15, -0.1) is 0 Å². The third-order valence-electron chi connectivity index (χ3n) is 1.17. The number of rotatable bonds is 2. The SMILES string of the molecule is C=Cc1ccc[nH+]c1.COS(=O)(=O)[O-]. The number of hydrogen-bond acceptors (Lipinski definition) is 4. The summed E-state index contributed by atoms with van der Waals surface area (Å²) >= 11 is 0. The minimum absolute atomic E-state index is 0.808. The lowest BCUT2D eigenvalue weighted by Crippen LogP contribution is -1.97. The van der Waals surface area contributed by atoms with Crippen LogP contribution in [0.2, 0.25) is 0 Å². The van der Waals surface area contributed by atoms with Crippen LogP contribution in [0, 0.1) is 0 Å². The van der Waals surface area contributed by atoms with Crippen LogP contribution >= 0.6 is 0 Å². The number of aromatic amines is 1. The van der Waals surface area contributed by atoms with E-state index < -0.39 is 10.4 Å². The van der Waals surface area contributed by atoms with Crippen LogP contribution in [-0.2, 0) is 14.6 Å². The van der Waals surface area contributed by atoms with Crippen LogP contribution in [0.3, 0.4) is 0 Å². The maximum atomic E-state index is 9.22. The third kappa shape index (κ3) is 7.41. The summed E-state index contributed by atoms with van der Waals surface area (Å²) in [5.41, 5.74) is 1.12. The largest absolute Gasteiger partial charge is 0.726 e. The van der Waals surface area contributed by atoms with E-state index in [0.717, 1.165) is 12.7 Å². The molecule has 0 aliphatic heterocycles. The van der Waals surface area contributed by atoms with Crippen LogP contribution in [0.4, 0.5) is 0 Å². The van der Waals surface area contributed by atoms with Gasteiger partial charge in [-0.2, -0.15) is 0 Å². The van der Waals surface area contributed by atoms with Crippen LogP contribution in [-0.4, -0.2) is 20.1 Å². The number of nitrogens with one attached hydrogen (secondary N) is 1. The van der Waals surface area contributed by atoms with E-state index in [1.165, 1.54) is 0 Å². The van der Waals surface area contributed by atoms with Crippen molar-refractivity contribution in [3.8, 4) is 0 Å². The average Bonchev–Trinajstić information content (AvgIpc) is 2.19. The topological polar surface area (TPSA) is 80.6 Å². The van der Waals surface area contributed by atoms with Gasteiger partial charge in [0.1, 0.15) is 0 Å². The van der Waals surface area contributed by atoms with Gasteiger partial charge in [0.15, 0.2) is 12.4 Å². The van der Waals surface area contributed by atoms with Gasteiger partial charge in [0.25, 0.3) is 0 Å². The molecule has 0 saturated heterocycles. The molecule has 6 heteroatoms. The van der Waals surface area contributed by atoms with E-state index in [9.17, 15) is 13.0 Å². The predicted molar refractivity (Wildman–Crippen MR) is 49.8 cm³/mol. The van der Waals surface area contributed by atoms with Gasteiger partial charge in [-0.05, 0) is 6.07 Å². The van der Waals surface area contributed by atoms with Gasteiger partial charge >= 0.3 is 0 Å². The van der Waals surface area contributed by atoms with Crippen molar-refractivity contribution in [3.63, 3.8) is 0 Å². The summed E-state index contributed by atoms with van der Waals surface area (Å²) in [5, 5.41) is 0. The highest BCUT2D eigenvalue weighted by Crippen LogP contribution is 1.91. The van der Waals surface area contributed by atoms with E-state index in [4.69, 9.17) is 0 Å². The Morgan fingerprint density at radius 3 is 2.43 bits per heavy atom. The number of pyridine rings is 1. The zero-order valence-electron chi connectivity index (χ0n) is 7.64. The molecule has 0 aliphatic carbocycles. The van der Waals surface area contributed by atoms with Crippen LogP contribution in [0.25, 0.3) is 6.08 Å². The highest BCUT2D eigenvalue weighted by atomic mass is 32.3. The van der Waals surface area contributed by atoms with Crippen LogP contribution in [0.15, 0.2) is 31.1 Å². The summed E-state index contributed by atoms with van der Waals surface area (Å²) in [5.74, 6) is 0. The lowest BCUT2D eigenvalue weighted by molar-refractivity contribution is -0.378. The van der Waals surface area contributed by atoms with Crippen molar-refractivity contribution in [3.05, 3.63) is 36.7 Å². The first kappa shape index (κ1) is 12.8. The van der Waals surface area contributed by atoms with E-state index in [1.807, 2.05) is 24.5 Å². The Labute approximate surface area is 83.0 Å². The minimum Gasteiger partial charge on any atom is -0.726 e. The fourth-order valence-electron chi connectivity index (χ4n) is 0.534. The highest BCUT2D eigenvalue weighted by molar-refractivity contribution is 7.80. The van der Waals surface area contributed by atoms with E-state index >= 15 is 0 Å². The first-order valence-corrected chi connectivity index (χ1v) is 4.93. The molecule has 0 aliphatic rings. The molecule has 1 aromatic heterocycles. The molecule has 0 radical (unpaired) electrons. The van der Waals surface area contributed by atoms with Gasteiger partial charge < -0.3 is 4.55 Å². The first-order chi connectivity index (χ1) is 6.49. The molecular formula is C8H11NO4S. The minimum atomic E-state index is -4.41. The maximum Gasteiger partial charge on any atom is 0.217 e. The number of hydrogen-bond donors (Lipinski definition) is 0. The Kier molecular flexibility index (Phi) is 5.70. The molecule has 1 aromatic rings. The van der Waals surface area contributed by atoms with E-state index in [0.29, 0.717) is 0 Å². The summed E-state index contributed by atoms with van der Waals surface area (Å²) in [7, 11) is -3.60. The van der Waals surface area contributed by atoms with Gasteiger partial charge in [-0.25, -0.2) is 13.4 Å². The monoisotopic (exact) mass is 217 g/mol. The molecule has 78 valence electrons. The normalized spacial score (nSPS) is 9.86. The third-order valence-corrected chi connectivity index (χ3v) is 1.58. The standard InChI is InChI=1S/C7H7N.CH4O4S/c1-2-7-4-3-5-8-6-7;1-5-6(2,3)4/h2-6H,1H2;1H3,(H,2,3,4). The van der Waals surface area contributed by atoms with Crippen molar-refractivity contribution in [2.45, 2.75) is 0 Å². The van der Waals surface area contributed by atoms with E-state index in [2.05, 4.69) is 15.7 Å². The summed E-state index contributed by atoms with van der Waals surface area (Å²) < 4.78 is 31.0. The van der Waals surface area contributed by atoms with Gasteiger partial charge in [0.05, 0.1) is 7.11 Å². The summed E-state index contributed by atoms with van der Waals surface area (Å²) in [4.78, 5) is 2.94. The van der Waals surface area contributed by atoms with Crippen molar-refractivity contribution in [2.75, 3.05) is 7.11 Å². The fraction of sp³-hybridized carbons (Fsp3) is 0.125. The van der Waals surface area contributed by atoms with Crippen LogP contribution < -0.4 is 4.98 Å². The second-order valence-electron chi connectivity index (χ2n) is 2.12. The van der Waals surface area contributed by atoms with E-state index in [1.54, 1.807) is 6.08 Å². The van der Waals surface area contributed by atoms with Crippen molar-refractivity contribution in [2.24, 2.45) is 0 Å². The van der Waals surface area contributed by atoms with Crippen molar-refractivity contribution in [1.82, 2.24) is 0 Å². The molecule has 0 spiro atoms. The molecule has 5 nitrogen and oxygen atoms in total. The Hall–Kier alpha value is -1.24. The second kappa shape index (κ2) is 6.25. The number of aromatic nitrogens is 1. The molecule has 0 atom stereocenters. The van der Waals surface area contributed by atoms with Crippen molar-refractivity contribution in [1.29, 1.82) is 0 Å². The molecule has 1 heterocycles. The first-order valence-electron chi connectivity index (χ1n) is 3.59. The maximum absolute atomic E-state index is 9.22. The molecule has 1 rings (SSSR count). The molecule has 0 bridgehead atoms. The Morgan fingerprint density at radius 2 is 2.21 bits per heavy atom. The summed E-state index contributed by atoms with van der Waals surface area (Å²) in [6.45, 7) is 3.61. The molecule has 0 amide bonds. The smallest absolute Gasteiger partial charge is 0.217 e. The molecule has 0 fully saturated rings. The zero-order chi connectivity index (χ0) is 11.0. The average molecular weight is 217 g/mol. The van der Waals surface area contributed by atoms with Gasteiger partial charge in [0.2, 0.25) is 10.4 Å². The molecular weight excluding hydrogens is 206 g/mol. The Morgan fingerprint density at radius 1 is 1.64 bits per heavy atom. The van der Waals surface area contributed by atoms with Gasteiger partial charge in [-0.3, -0.25) is 4.18 Å². The van der Waals surface area contributed by atoms with Crippen molar-refractivity contribution < 1.29 is 22.1 Å². The molecule has 0 aromatic carbocycles. The number of H-pyrrole nitrogens is 1. The van der Waals surface area contributed by atoms with Crippen LogP contribution in [0.1, 0.15) is 5.56 Å². The molecule has 0 saturated carbocycles. The molecule has 0 unspecified atom stereocenters. The van der Waals surface area contributed by atoms with Crippen molar-refractivity contribution >= 4 is 16.5 Å². The van der Waals surface area contributed by atoms with E-state index in [-0.39, 0.29) is 0 Å². The molecule has 1 N–H and O–H groups in total. The summed E-state index contributed by atoms with van der Waals surface area (Å²) in [6.07, 6.45) is 5.57. The lowest BCUT2D eigenvalue weighted by atomic mass is 10.3. The fourth-order valence-corrected chi connectivity index (χ4v) is 0.534. The lowest BCUT2D eigenvalue weighted by Gasteiger charge is -1.98. The molecule has 14 heavy (non-hydrogen) atoms. The Balaban J connectivity index is 0.000000255. The Bertz CT molecular complexity index is 360. The second-order valence-corrected chi connectivity index (χ2v) is 3.27. The van der Waals surface area contributed by atoms with Gasteiger partial charge in [0, 0.05) is 11.6 Å². The quantitative estimate of drug-likeness (QED) is 0.525. The van der Waals surface area contributed by atoms with Gasteiger partial charge in [-0.1, -0.05) is 12.7 Å².